The Morgan fingerprint density at radius 2 is 1.87 bits per heavy atom. The van der Waals surface area contributed by atoms with E-state index in [4.69, 9.17) is 4.74 Å². The summed E-state index contributed by atoms with van der Waals surface area (Å²) in [6.07, 6.45) is 8.14. The number of carbonyl (C=O) groups excluding carboxylic acids is 2. The summed E-state index contributed by atoms with van der Waals surface area (Å²) < 4.78 is 4.81. The molecule has 0 bridgehead atoms. The van der Waals surface area contributed by atoms with Gasteiger partial charge in [-0.15, -0.1) is 0 Å². The van der Waals surface area contributed by atoms with Crippen LogP contribution < -0.4 is 10.6 Å². The van der Waals surface area contributed by atoms with Crippen LogP contribution in [0.1, 0.15) is 52.4 Å². The van der Waals surface area contributed by atoms with Crippen molar-refractivity contribution < 1.29 is 14.3 Å². The van der Waals surface area contributed by atoms with Gasteiger partial charge in [-0.2, -0.15) is 0 Å². The molecule has 2 fully saturated rings. The molecule has 0 radical (unpaired) electrons. The lowest BCUT2D eigenvalue weighted by Crippen LogP contribution is -2.51. The zero-order valence-corrected chi connectivity index (χ0v) is 14.8. The molecule has 2 amide bonds. The highest BCUT2D eigenvalue weighted by atomic mass is 16.5. The standard InChI is InChI=1S/C18H32N2O3/c1-12(2)17(20-16(21)11-23-3)18(22)19-10-14-9-15(14)13-7-5-4-6-8-13/h12-15,17H,4-11H2,1-3H3,(H,19,22)(H,20,21)/t14-,15-,17+/m1/s1. The number of hydrogen-bond donors (Lipinski definition) is 2. The van der Waals surface area contributed by atoms with Crippen LogP contribution in [-0.2, 0) is 14.3 Å². The number of nitrogens with one attached hydrogen (secondary N) is 2. The third kappa shape index (κ3) is 5.48. The second kappa shape index (κ2) is 8.67. The number of methoxy groups -OCH3 is 1. The molecule has 3 atom stereocenters. The number of ether oxygens (including phenoxy) is 1. The maximum atomic E-state index is 12.4. The highest BCUT2D eigenvalue weighted by Gasteiger charge is 2.42. The first-order valence-corrected chi connectivity index (χ1v) is 9.09. The molecular weight excluding hydrogens is 292 g/mol. The quantitative estimate of drug-likeness (QED) is 0.718. The predicted molar refractivity (Wildman–Crippen MR) is 89.8 cm³/mol. The minimum atomic E-state index is -0.482. The minimum Gasteiger partial charge on any atom is -0.375 e. The van der Waals surface area contributed by atoms with E-state index in [-0.39, 0.29) is 24.3 Å². The smallest absolute Gasteiger partial charge is 0.246 e. The Labute approximate surface area is 139 Å². The molecule has 0 aromatic heterocycles. The van der Waals surface area contributed by atoms with Gasteiger partial charge in [0.2, 0.25) is 11.8 Å². The van der Waals surface area contributed by atoms with Crippen LogP contribution in [0.2, 0.25) is 0 Å². The third-order valence-corrected chi connectivity index (χ3v) is 5.31. The van der Waals surface area contributed by atoms with Crippen LogP contribution in [0.4, 0.5) is 0 Å². The maximum absolute atomic E-state index is 12.4. The van der Waals surface area contributed by atoms with Crippen LogP contribution in [0.15, 0.2) is 0 Å². The predicted octanol–water partition coefficient (Wildman–Crippen LogP) is 2.11. The zero-order valence-electron chi connectivity index (χ0n) is 14.8. The third-order valence-electron chi connectivity index (χ3n) is 5.31. The Bertz CT molecular complexity index is 405. The van der Waals surface area contributed by atoms with Gasteiger partial charge in [-0.3, -0.25) is 9.59 Å². The van der Waals surface area contributed by atoms with Crippen molar-refractivity contribution >= 4 is 11.8 Å². The van der Waals surface area contributed by atoms with Gasteiger partial charge in [-0.1, -0.05) is 46.0 Å². The molecule has 5 heteroatoms. The highest BCUT2D eigenvalue weighted by molar-refractivity contribution is 5.88. The van der Waals surface area contributed by atoms with Crippen LogP contribution in [0.25, 0.3) is 0 Å². The molecule has 2 N–H and O–H groups in total. The van der Waals surface area contributed by atoms with E-state index in [1.165, 1.54) is 45.6 Å². The van der Waals surface area contributed by atoms with Crippen molar-refractivity contribution in [2.45, 2.75) is 58.4 Å². The van der Waals surface area contributed by atoms with Gasteiger partial charge in [0.15, 0.2) is 0 Å². The topological polar surface area (TPSA) is 67.4 Å². The van der Waals surface area contributed by atoms with Crippen molar-refractivity contribution in [2.75, 3.05) is 20.3 Å². The summed E-state index contributed by atoms with van der Waals surface area (Å²) in [5.41, 5.74) is 0. The van der Waals surface area contributed by atoms with Crippen molar-refractivity contribution in [1.82, 2.24) is 10.6 Å². The second-order valence-corrected chi connectivity index (χ2v) is 7.53. The molecule has 0 saturated heterocycles. The molecule has 0 aromatic carbocycles. The van der Waals surface area contributed by atoms with E-state index in [1.54, 1.807) is 0 Å². The molecule has 2 saturated carbocycles. The summed E-state index contributed by atoms with van der Waals surface area (Å²) in [4.78, 5) is 24.0. The monoisotopic (exact) mass is 324 g/mol. The molecular formula is C18H32N2O3. The first-order valence-electron chi connectivity index (χ1n) is 9.09. The van der Waals surface area contributed by atoms with Gasteiger partial charge in [0.1, 0.15) is 12.6 Å². The Balaban J connectivity index is 1.73. The molecule has 23 heavy (non-hydrogen) atoms. The number of amides is 2. The highest BCUT2D eigenvalue weighted by Crippen LogP contribution is 2.48. The molecule has 0 aromatic rings. The average Bonchev–Trinajstić information content (AvgIpc) is 3.31. The van der Waals surface area contributed by atoms with Crippen molar-refractivity contribution in [2.24, 2.45) is 23.7 Å². The SMILES string of the molecule is COCC(=O)N[C@H](C(=O)NC[C@H]1C[C@@H]1C1CCCCC1)C(C)C. The van der Waals surface area contributed by atoms with Crippen molar-refractivity contribution in [3.63, 3.8) is 0 Å². The van der Waals surface area contributed by atoms with Crippen LogP contribution >= 0.6 is 0 Å². The number of hydrogen-bond acceptors (Lipinski definition) is 3. The summed E-state index contributed by atoms with van der Waals surface area (Å²) in [5.74, 6) is 2.09. The Morgan fingerprint density at radius 1 is 1.17 bits per heavy atom. The van der Waals surface area contributed by atoms with Gasteiger partial charge in [-0.05, 0) is 30.1 Å². The molecule has 0 heterocycles. The first kappa shape index (κ1) is 18.2. The molecule has 2 rings (SSSR count). The maximum Gasteiger partial charge on any atom is 0.246 e. The first-order chi connectivity index (χ1) is 11.0. The van der Waals surface area contributed by atoms with Gasteiger partial charge in [0, 0.05) is 13.7 Å². The Kier molecular flexibility index (Phi) is 6.88. The average molecular weight is 324 g/mol. The fourth-order valence-electron chi connectivity index (χ4n) is 3.87. The van der Waals surface area contributed by atoms with Gasteiger partial charge in [0.25, 0.3) is 0 Å². The molecule has 0 unspecified atom stereocenters. The second-order valence-electron chi connectivity index (χ2n) is 7.53. The van der Waals surface area contributed by atoms with Crippen molar-refractivity contribution in [3.8, 4) is 0 Å². The molecule has 2 aliphatic carbocycles. The van der Waals surface area contributed by atoms with Crippen LogP contribution in [0.3, 0.4) is 0 Å². The lowest BCUT2D eigenvalue weighted by Gasteiger charge is -2.23. The molecule has 0 spiro atoms. The summed E-state index contributed by atoms with van der Waals surface area (Å²) in [7, 11) is 1.47. The van der Waals surface area contributed by atoms with Crippen LogP contribution in [0, 0.1) is 23.7 Å². The molecule has 5 nitrogen and oxygen atoms in total. The lowest BCUT2D eigenvalue weighted by atomic mass is 9.85. The summed E-state index contributed by atoms with van der Waals surface area (Å²) in [6, 6.07) is -0.482. The van der Waals surface area contributed by atoms with E-state index in [0.717, 1.165) is 18.4 Å². The van der Waals surface area contributed by atoms with Crippen molar-refractivity contribution in [1.29, 1.82) is 0 Å². The van der Waals surface area contributed by atoms with Gasteiger partial charge in [0.05, 0.1) is 0 Å². The molecule has 0 aliphatic heterocycles. The van der Waals surface area contributed by atoms with Crippen molar-refractivity contribution in [3.05, 3.63) is 0 Å². The van der Waals surface area contributed by atoms with Gasteiger partial charge < -0.3 is 15.4 Å². The van der Waals surface area contributed by atoms with Crippen LogP contribution in [-0.4, -0.2) is 38.1 Å². The minimum absolute atomic E-state index is 0.0110. The van der Waals surface area contributed by atoms with E-state index in [0.29, 0.717) is 5.92 Å². The summed E-state index contributed by atoms with van der Waals surface area (Å²) >= 11 is 0. The summed E-state index contributed by atoms with van der Waals surface area (Å²) in [6.45, 7) is 4.63. The number of rotatable bonds is 8. The van der Waals surface area contributed by atoms with E-state index >= 15 is 0 Å². The van der Waals surface area contributed by atoms with E-state index in [2.05, 4.69) is 10.6 Å². The zero-order chi connectivity index (χ0) is 16.8. The van der Waals surface area contributed by atoms with Gasteiger partial charge in [-0.25, -0.2) is 0 Å². The lowest BCUT2D eigenvalue weighted by molar-refractivity contribution is -0.132. The normalized spacial score (nSPS) is 25.9. The Morgan fingerprint density at radius 3 is 2.48 bits per heavy atom. The summed E-state index contributed by atoms with van der Waals surface area (Å²) in [5, 5.41) is 5.81. The molecule has 132 valence electrons. The van der Waals surface area contributed by atoms with E-state index < -0.39 is 6.04 Å². The Hall–Kier alpha value is -1.10. The number of carbonyl (C=O) groups is 2. The van der Waals surface area contributed by atoms with E-state index in [9.17, 15) is 9.59 Å². The largest absolute Gasteiger partial charge is 0.375 e. The fraction of sp³-hybridized carbons (Fsp3) is 0.889. The fourth-order valence-corrected chi connectivity index (χ4v) is 3.87. The van der Waals surface area contributed by atoms with Gasteiger partial charge >= 0.3 is 0 Å². The van der Waals surface area contributed by atoms with E-state index in [1.807, 2.05) is 13.8 Å². The molecule has 2 aliphatic rings. The van der Waals surface area contributed by atoms with Crippen LogP contribution in [0.5, 0.6) is 0 Å².